The molecule has 2 aliphatic rings. The average Bonchev–Trinajstić information content (AvgIpc) is 0.733. The van der Waals surface area contributed by atoms with E-state index in [9.17, 15) is 15.8 Å². The van der Waals surface area contributed by atoms with Gasteiger partial charge in [0.15, 0.2) is 0 Å². The Balaban J connectivity index is 0.000000314. The highest BCUT2D eigenvalue weighted by atomic mass is 15.2. The highest BCUT2D eigenvalue weighted by Gasteiger charge is 2.39. The Labute approximate surface area is 614 Å². The molecule has 0 N–H and O–H groups in total. The number of hydrogen-bond acceptors (Lipinski definition) is 15. The molecule has 0 saturated heterocycles. The molecule has 0 unspecified atom stereocenters. The molecule has 2 aliphatic carbocycles. The Hall–Kier alpha value is -13.3. The Morgan fingerprint density at radius 3 is 0.452 bits per heavy atom. The van der Waals surface area contributed by atoms with Crippen LogP contribution in [0.25, 0.3) is 95.0 Å². The van der Waals surface area contributed by atoms with Crippen molar-refractivity contribution < 1.29 is 0 Å². The summed E-state index contributed by atoms with van der Waals surface area (Å²) in [6.07, 6.45) is 5.78. The van der Waals surface area contributed by atoms with Gasteiger partial charge in [-0.05, 0) is 0 Å². The second kappa shape index (κ2) is 44.0. The molecule has 8 aromatic carbocycles. The smallest absolute Gasteiger partial charge is 0.206 e. The lowest BCUT2D eigenvalue weighted by molar-refractivity contribution is 1.10. The lowest BCUT2D eigenvalue weighted by atomic mass is 9.92. The normalized spacial score (nSPS) is 10.2. The van der Waals surface area contributed by atoms with Crippen molar-refractivity contribution in [3.05, 3.63) is 300 Å². The number of aromatic nitrogens is 8. The maximum atomic E-state index is 9.86. The summed E-state index contributed by atoms with van der Waals surface area (Å²) >= 11 is 0. The van der Waals surface area contributed by atoms with Crippen molar-refractivity contribution in [3.8, 4) is 109 Å². The van der Waals surface area contributed by atoms with Crippen LogP contribution in [-0.2, 0) is 0 Å². The first kappa shape index (κ1) is 81.4. The molecule has 0 fully saturated rings. The predicted octanol–water partition coefficient (Wildman–Crippen LogP) is 22.3. The molecule has 0 aliphatic heterocycles. The zero-order chi connectivity index (χ0) is 75.8. The third kappa shape index (κ3) is 18.8. The fourth-order valence-corrected chi connectivity index (χ4v) is 10.5. The molecule has 0 radical (unpaired) electrons. The van der Waals surface area contributed by atoms with E-state index in [1.165, 1.54) is 0 Å². The van der Waals surface area contributed by atoms with Gasteiger partial charge in [-0.3, -0.25) is 0 Å². The van der Waals surface area contributed by atoms with E-state index in [-0.39, 0.29) is 22.8 Å². The van der Waals surface area contributed by atoms with E-state index in [1.54, 1.807) is 0 Å². The molecule has 0 amide bonds. The summed E-state index contributed by atoms with van der Waals surface area (Å²) in [7, 11) is 0. The van der Waals surface area contributed by atoms with Crippen LogP contribution in [0.2, 0.25) is 0 Å². The lowest BCUT2D eigenvalue weighted by Crippen LogP contribution is -2.29. The van der Waals surface area contributed by atoms with Crippen LogP contribution in [0.1, 0.15) is 156 Å². The Bertz CT molecular complexity index is 4050. The summed E-state index contributed by atoms with van der Waals surface area (Å²) in [4.78, 5) is 56.6. The molecule has 0 spiro atoms. The van der Waals surface area contributed by atoms with Gasteiger partial charge in [0.05, 0.1) is 50.7 Å². The second-order valence-electron chi connectivity index (χ2n) is 19.6. The molecule has 16 nitrogen and oxygen atoms in total. The van der Waals surface area contributed by atoms with Gasteiger partial charge in [-0.25, -0.2) is 39.9 Å². The Kier molecular flexibility index (Phi) is 34.4. The van der Waals surface area contributed by atoms with Crippen molar-refractivity contribution in [1.82, 2.24) is 39.9 Å². The van der Waals surface area contributed by atoms with Crippen molar-refractivity contribution in [2.45, 2.75) is 111 Å². The molecule has 0 saturated carbocycles. The quantitative estimate of drug-likeness (QED) is 0.0789. The van der Waals surface area contributed by atoms with E-state index < -0.39 is 0 Å². The fraction of sp³-hybridized carbons (Fsp3) is 0.182. The summed E-state index contributed by atoms with van der Waals surface area (Å²) < 4.78 is 0. The summed E-state index contributed by atoms with van der Waals surface area (Å²) in [5.41, 5.74) is 14.7. The summed E-state index contributed by atoms with van der Waals surface area (Å²) in [6, 6.07) is 77.5. The monoisotopic (exact) mass is 1370 g/mol. The number of nitriles is 3. The van der Waals surface area contributed by atoms with Gasteiger partial charge < -0.3 is 0 Å². The zero-order valence-corrected chi connectivity index (χ0v) is 62.2. The van der Waals surface area contributed by atoms with E-state index in [4.69, 9.17) is 46.4 Å². The Morgan fingerprint density at radius 1 is 0.212 bits per heavy atom. The van der Waals surface area contributed by atoms with Crippen molar-refractivity contribution in [2.24, 2.45) is 20.1 Å². The van der Waals surface area contributed by atoms with Crippen LogP contribution < -0.4 is 0 Å². The van der Waals surface area contributed by atoms with Gasteiger partial charge in [-0.1, -0.05) is 353 Å². The highest BCUT2D eigenvalue weighted by Crippen LogP contribution is 2.40. The highest BCUT2D eigenvalue weighted by molar-refractivity contribution is 6.31. The molecule has 104 heavy (non-hydrogen) atoms. The second-order valence-corrected chi connectivity index (χ2v) is 19.6. The molecule has 520 valence electrons. The molecule has 12 aromatic rings. The van der Waals surface area contributed by atoms with Crippen molar-refractivity contribution >= 4 is 22.8 Å². The van der Waals surface area contributed by atoms with Gasteiger partial charge in [0, 0.05) is 44.5 Å². The molecule has 4 aromatic heterocycles. The molecule has 0 bridgehead atoms. The standard InChI is InChI=1S/2C36H20N8.8C2H6/c1-38-44-36-34-32(40-27(23-14-6-2-7-15-23)29(42-34)25-18-10-4-11-19-25)31(39-22-37)33-35(36)43-30(26-20-12-5-13-21-26)28(41-33)24-16-8-3-9-17-24;37-21-39-31-33-34(42-28(24-15-7-2-8-16-24)27(41-33)23-13-5-1-6-14-23)32(40-22-38)36-35(31)43-29(25-17-9-3-10-18-25)30(44-36)26-19-11-4-12-20-26;8*1-2/h2-21H;1-20H;8*1-2H3. The number of hydrogen-bond donors (Lipinski definition) is 0. The van der Waals surface area contributed by atoms with Gasteiger partial charge in [-0.2, -0.15) is 37.3 Å². The summed E-state index contributed by atoms with van der Waals surface area (Å²) in [6.45, 7) is 39.7. The maximum Gasteiger partial charge on any atom is 0.206 e. The van der Waals surface area contributed by atoms with Crippen molar-refractivity contribution in [2.75, 3.05) is 0 Å². The van der Waals surface area contributed by atoms with E-state index >= 15 is 0 Å². The zero-order valence-electron chi connectivity index (χ0n) is 62.2. The third-order valence-electron chi connectivity index (χ3n) is 14.4. The average molecular weight is 1370 g/mol. The van der Waals surface area contributed by atoms with E-state index in [0.29, 0.717) is 91.1 Å². The van der Waals surface area contributed by atoms with Gasteiger partial charge >= 0.3 is 0 Å². The van der Waals surface area contributed by atoms with E-state index in [2.05, 4.69) is 25.0 Å². The largest absolute Gasteiger partial charge is 0.241 e. The number of rotatable bonds is 8. The number of fused-ring (bicyclic) bond motifs is 4. The van der Waals surface area contributed by atoms with Crippen LogP contribution in [0.5, 0.6) is 0 Å². The van der Waals surface area contributed by atoms with Crippen LogP contribution in [0, 0.1) is 40.9 Å². The summed E-state index contributed by atoms with van der Waals surface area (Å²) in [5.74, 6) is 0. The first-order valence-corrected chi connectivity index (χ1v) is 35.5. The van der Waals surface area contributed by atoms with E-state index in [1.807, 2.05) is 372 Å². The minimum atomic E-state index is 0.211. The topological polar surface area (TPSA) is 228 Å². The molecule has 14 rings (SSSR count). The Morgan fingerprint density at radius 2 is 0.337 bits per heavy atom. The maximum absolute atomic E-state index is 9.86. The molecule has 4 heterocycles. The van der Waals surface area contributed by atoms with Gasteiger partial charge in [0.25, 0.3) is 0 Å². The summed E-state index contributed by atoms with van der Waals surface area (Å²) in [5, 5.41) is 33.8. The number of nitrogens with zero attached hydrogens (tertiary/aromatic N) is 16. The van der Waals surface area contributed by atoms with Crippen LogP contribution in [0.3, 0.4) is 0 Å². The number of benzene rings is 8. The van der Waals surface area contributed by atoms with Crippen molar-refractivity contribution in [1.29, 1.82) is 15.8 Å². The van der Waals surface area contributed by atoms with Gasteiger partial charge in [0.2, 0.25) is 24.3 Å². The minimum absolute atomic E-state index is 0.211. The van der Waals surface area contributed by atoms with E-state index in [0.717, 1.165) is 44.5 Å². The predicted molar refractivity (Wildman–Crippen MR) is 428 cm³/mol. The number of aliphatic imine (C=N–C) groups is 3. The third-order valence-corrected chi connectivity index (χ3v) is 14.4. The first-order valence-electron chi connectivity index (χ1n) is 35.5. The molecule has 0 atom stereocenters. The van der Waals surface area contributed by atoms with Gasteiger partial charge in [-0.15, -0.1) is 4.95 Å². The van der Waals surface area contributed by atoms with Crippen LogP contribution >= 0.6 is 0 Å². The van der Waals surface area contributed by atoms with Crippen LogP contribution in [0.15, 0.2) is 263 Å². The van der Waals surface area contributed by atoms with Crippen LogP contribution in [0.4, 0.5) is 0 Å². The molecular formula is C88H88N16. The molecule has 16 heteroatoms. The first-order chi connectivity index (χ1) is 51.5. The molecular weight excluding hydrogens is 1280 g/mol. The minimum Gasteiger partial charge on any atom is -0.241 e. The SMILES string of the molecule is CC.CC.CC.CC.CC.CC.CC.CC.N#CN=C1c2nc(-c3ccccc3)c(-c3ccccc3)nc2C(=NC#N)c2nc(-c3ccccc3)c(-c3ccccc3)nc21.[C-]#[N+]N=C1c2nc(-c3ccccc3)c(-c3ccccc3)nc2C(=NC#N)c2nc(-c3ccccc3)c(-c3ccccc3)nc21. The van der Waals surface area contributed by atoms with Crippen LogP contribution in [-0.4, -0.2) is 62.7 Å². The van der Waals surface area contributed by atoms with Gasteiger partial charge in [0.1, 0.15) is 62.7 Å². The fourth-order valence-electron chi connectivity index (χ4n) is 10.5. The van der Waals surface area contributed by atoms with Crippen molar-refractivity contribution in [3.63, 3.8) is 0 Å². The lowest BCUT2D eigenvalue weighted by Gasteiger charge is -2.23.